The van der Waals surface area contributed by atoms with E-state index in [1.165, 1.54) is 0 Å². The fourth-order valence-corrected chi connectivity index (χ4v) is 1.84. The molecule has 2 atom stereocenters. The topological polar surface area (TPSA) is 79.5 Å². The van der Waals surface area contributed by atoms with Gasteiger partial charge in [0.1, 0.15) is 6.04 Å². The number of hydrogen-bond acceptors (Lipinski definition) is 4. The van der Waals surface area contributed by atoms with Gasteiger partial charge in [-0.2, -0.15) is 0 Å². The summed E-state index contributed by atoms with van der Waals surface area (Å²) in [5.74, 6) is -0.336. The van der Waals surface area contributed by atoms with Crippen LogP contribution in [0.4, 0.5) is 0 Å². The lowest BCUT2D eigenvalue weighted by atomic mass is 10.2. The van der Waals surface area contributed by atoms with Crippen molar-refractivity contribution in [1.82, 2.24) is 16.0 Å². The minimum absolute atomic E-state index is 0. The van der Waals surface area contributed by atoms with Crippen LogP contribution in [-0.2, 0) is 14.3 Å². The Labute approximate surface area is 120 Å². The number of rotatable bonds is 7. The quantitative estimate of drug-likeness (QED) is 0.608. The van der Waals surface area contributed by atoms with Gasteiger partial charge in [-0.1, -0.05) is 0 Å². The molecule has 0 aromatic rings. The van der Waals surface area contributed by atoms with Crippen molar-refractivity contribution in [2.45, 2.75) is 38.8 Å². The fraction of sp³-hybridized carbons (Fsp3) is 0.833. The molecule has 1 heterocycles. The van der Waals surface area contributed by atoms with E-state index in [-0.39, 0.29) is 36.9 Å². The van der Waals surface area contributed by atoms with Crippen molar-refractivity contribution in [3.05, 3.63) is 0 Å². The number of amides is 2. The molecule has 19 heavy (non-hydrogen) atoms. The average Bonchev–Trinajstić information content (AvgIpc) is 2.82. The number of hydrogen-bond donors (Lipinski definition) is 3. The van der Waals surface area contributed by atoms with Crippen molar-refractivity contribution in [2.24, 2.45) is 0 Å². The molecule has 1 rings (SSSR count). The molecule has 0 spiro atoms. The van der Waals surface area contributed by atoms with Gasteiger partial charge >= 0.3 is 0 Å². The Morgan fingerprint density at radius 3 is 2.74 bits per heavy atom. The van der Waals surface area contributed by atoms with E-state index in [9.17, 15) is 9.59 Å². The lowest BCUT2D eigenvalue weighted by Gasteiger charge is -2.14. The zero-order valence-corrected chi connectivity index (χ0v) is 12.3. The van der Waals surface area contributed by atoms with Crippen molar-refractivity contribution in [2.75, 3.05) is 26.2 Å². The second kappa shape index (κ2) is 10.00. The highest BCUT2D eigenvalue weighted by molar-refractivity contribution is 5.87. The molecular formula is C12H24ClN3O3. The Morgan fingerprint density at radius 1 is 1.42 bits per heavy atom. The maximum atomic E-state index is 11.5. The van der Waals surface area contributed by atoms with E-state index in [0.717, 1.165) is 19.4 Å². The van der Waals surface area contributed by atoms with Gasteiger partial charge in [0, 0.05) is 19.7 Å². The number of carbonyl (C=O) groups is 2. The van der Waals surface area contributed by atoms with Gasteiger partial charge in [0.15, 0.2) is 0 Å². The molecule has 0 aromatic heterocycles. The fourth-order valence-electron chi connectivity index (χ4n) is 1.84. The van der Waals surface area contributed by atoms with E-state index < -0.39 is 6.04 Å². The summed E-state index contributed by atoms with van der Waals surface area (Å²) >= 11 is 0. The molecule has 3 N–H and O–H groups in total. The Balaban J connectivity index is 0.00000324. The molecule has 1 aliphatic heterocycles. The minimum Gasteiger partial charge on any atom is -0.377 e. The smallest absolute Gasteiger partial charge is 0.242 e. The molecule has 1 fully saturated rings. The predicted octanol–water partition coefficient (Wildman–Crippen LogP) is -0.182. The van der Waals surface area contributed by atoms with Gasteiger partial charge in [-0.05, 0) is 26.7 Å². The molecule has 2 unspecified atom stereocenters. The average molecular weight is 294 g/mol. The summed E-state index contributed by atoms with van der Waals surface area (Å²) < 4.78 is 5.43. The van der Waals surface area contributed by atoms with Crippen molar-refractivity contribution >= 4 is 24.2 Å². The molecule has 0 radical (unpaired) electrons. The highest BCUT2D eigenvalue weighted by Crippen LogP contribution is 2.10. The molecule has 0 aromatic carbocycles. The third kappa shape index (κ3) is 7.34. The van der Waals surface area contributed by atoms with Crippen LogP contribution in [0.15, 0.2) is 0 Å². The molecular weight excluding hydrogens is 270 g/mol. The Bertz CT molecular complexity index is 283. The van der Waals surface area contributed by atoms with Gasteiger partial charge in [0.25, 0.3) is 0 Å². The summed E-state index contributed by atoms with van der Waals surface area (Å²) in [6, 6.07) is -0.498. The van der Waals surface area contributed by atoms with Crippen LogP contribution >= 0.6 is 12.4 Å². The monoisotopic (exact) mass is 293 g/mol. The summed E-state index contributed by atoms with van der Waals surface area (Å²) in [7, 11) is 0. The third-order valence-corrected chi connectivity index (χ3v) is 2.80. The molecule has 0 bridgehead atoms. The van der Waals surface area contributed by atoms with Gasteiger partial charge in [-0.3, -0.25) is 9.59 Å². The minimum atomic E-state index is -0.498. The first kappa shape index (κ1) is 18.1. The maximum Gasteiger partial charge on any atom is 0.242 e. The first-order valence-corrected chi connectivity index (χ1v) is 6.53. The van der Waals surface area contributed by atoms with Crippen molar-refractivity contribution in [3.8, 4) is 0 Å². The van der Waals surface area contributed by atoms with Crippen molar-refractivity contribution in [1.29, 1.82) is 0 Å². The SMILES string of the molecule is CCNC(=O)C(C)NC(=O)CNCC1CCCO1.Cl. The second-order valence-electron chi connectivity index (χ2n) is 4.45. The van der Waals surface area contributed by atoms with Gasteiger partial charge in [0.05, 0.1) is 12.6 Å². The first-order chi connectivity index (χ1) is 8.63. The normalized spacial score (nSPS) is 19.4. The van der Waals surface area contributed by atoms with Crippen LogP contribution in [0.2, 0.25) is 0 Å². The van der Waals surface area contributed by atoms with Crippen LogP contribution in [0.25, 0.3) is 0 Å². The number of halogens is 1. The van der Waals surface area contributed by atoms with Gasteiger partial charge in [-0.25, -0.2) is 0 Å². The predicted molar refractivity (Wildman–Crippen MR) is 75.4 cm³/mol. The van der Waals surface area contributed by atoms with Crippen LogP contribution in [-0.4, -0.2) is 50.2 Å². The molecule has 0 aliphatic carbocycles. The van der Waals surface area contributed by atoms with Gasteiger partial charge in [0.2, 0.25) is 11.8 Å². The Kier molecular flexibility index (Phi) is 9.55. The van der Waals surface area contributed by atoms with Crippen LogP contribution in [0.1, 0.15) is 26.7 Å². The lowest BCUT2D eigenvalue weighted by molar-refractivity contribution is -0.128. The standard InChI is InChI=1S/C12H23N3O3.ClH/c1-3-14-12(17)9(2)15-11(16)8-13-7-10-5-4-6-18-10;/h9-10,13H,3-8H2,1-2H3,(H,14,17)(H,15,16);1H. The van der Waals surface area contributed by atoms with E-state index in [2.05, 4.69) is 16.0 Å². The number of carbonyl (C=O) groups excluding carboxylic acids is 2. The molecule has 112 valence electrons. The second-order valence-corrected chi connectivity index (χ2v) is 4.45. The highest BCUT2D eigenvalue weighted by atomic mass is 35.5. The lowest BCUT2D eigenvalue weighted by Crippen LogP contribution is -2.47. The van der Waals surface area contributed by atoms with Crippen molar-refractivity contribution < 1.29 is 14.3 Å². The van der Waals surface area contributed by atoms with E-state index in [0.29, 0.717) is 13.1 Å². The van der Waals surface area contributed by atoms with Gasteiger partial charge in [-0.15, -0.1) is 12.4 Å². The first-order valence-electron chi connectivity index (χ1n) is 6.53. The molecule has 1 saturated heterocycles. The number of likely N-dealkylation sites (N-methyl/N-ethyl adjacent to an activating group) is 1. The van der Waals surface area contributed by atoms with Crippen molar-refractivity contribution in [3.63, 3.8) is 0 Å². The summed E-state index contributed by atoms with van der Waals surface area (Å²) in [4.78, 5) is 22.9. The molecule has 0 saturated carbocycles. The number of nitrogens with one attached hydrogen (secondary N) is 3. The summed E-state index contributed by atoms with van der Waals surface area (Å²) in [5, 5.41) is 8.33. The van der Waals surface area contributed by atoms with Gasteiger partial charge < -0.3 is 20.7 Å². The van der Waals surface area contributed by atoms with Crippen LogP contribution in [0, 0.1) is 0 Å². The van der Waals surface area contributed by atoms with E-state index in [1.54, 1.807) is 6.92 Å². The maximum absolute atomic E-state index is 11.5. The van der Waals surface area contributed by atoms with Crippen LogP contribution in [0.5, 0.6) is 0 Å². The molecule has 6 nitrogen and oxygen atoms in total. The Morgan fingerprint density at radius 2 is 2.16 bits per heavy atom. The van der Waals surface area contributed by atoms with Crippen LogP contribution in [0.3, 0.4) is 0 Å². The number of ether oxygens (including phenoxy) is 1. The zero-order chi connectivity index (χ0) is 13.4. The highest BCUT2D eigenvalue weighted by Gasteiger charge is 2.17. The van der Waals surface area contributed by atoms with E-state index >= 15 is 0 Å². The van der Waals surface area contributed by atoms with E-state index in [1.807, 2.05) is 6.92 Å². The molecule has 2 amide bonds. The zero-order valence-electron chi connectivity index (χ0n) is 11.5. The largest absolute Gasteiger partial charge is 0.377 e. The summed E-state index contributed by atoms with van der Waals surface area (Å²) in [6.07, 6.45) is 2.36. The third-order valence-electron chi connectivity index (χ3n) is 2.80. The van der Waals surface area contributed by atoms with E-state index in [4.69, 9.17) is 4.74 Å². The summed E-state index contributed by atoms with van der Waals surface area (Å²) in [6.45, 7) is 5.79. The van der Waals surface area contributed by atoms with Crippen LogP contribution < -0.4 is 16.0 Å². The molecule has 1 aliphatic rings. The Hall–Kier alpha value is -0.850. The molecule has 7 heteroatoms. The summed E-state index contributed by atoms with van der Waals surface area (Å²) in [5.41, 5.74) is 0.